The standard InChI is InChI=1S/C12H12IN3O2/c1-6-11(7(2)16-15-6)14-12(18)9-5-8(13)3-4-10(9)17/h3-5,17H,1-2H3,(H,14,18)(H,15,16). The number of carbonyl (C=O) groups excluding carboxylic acids is 1. The lowest BCUT2D eigenvalue weighted by Crippen LogP contribution is -2.13. The summed E-state index contributed by atoms with van der Waals surface area (Å²) in [6.45, 7) is 3.62. The van der Waals surface area contributed by atoms with Gasteiger partial charge >= 0.3 is 0 Å². The summed E-state index contributed by atoms with van der Waals surface area (Å²) in [5, 5.41) is 19.2. The molecule has 0 radical (unpaired) electrons. The van der Waals surface area contributed by atoms with Crippen LogP contribution in [0.5, 0.6) is 5.75 Å². The summed E-state index contributed by atoms with van der Waals surface area (Å²) in [5.41, 5.74) is 2.40. The summed E-state index contributed by atoms with van der Waals surface area (Å²) in [5.74, 6) is -0.384. The molecule has 5 nitrogen and oxygen atoms in total. The molecule has 3 N–H and O–H groups in total. The smallest absolute Gasteiger partial charge is 0.259 e. The maximum absolute atomic E-state index is 12.1. The van der Waals surface area contributed by atoms with Crippen LogP contribution in [0, 0.1) is 17.4 Å². The number of hydrogen-bond donors (Lipinski definition) is 3. The van der Waals surface area contributed by atoms with Crippen molar-refractivity contribution < 1.29 is 9.90 Å². The highest BCUT2D eigenvalue weighted by Crippen LogP contribution is 2.23. The number of H-pyrrole nitrogens is 1. The Kier molecular flexibility index (Phi) is 3.55. The van der Waals surface area contributed by atoms with E-state index in [1.165, 1.54) is 6.07 Å². The fourth-order valence-electron chi connectivity index (χ4n) is 1.61. The van der Waals surface area contributed by atoms with Crippen LogP contribution in [-0.4, -0.2) is 21.2 Å². The molecule has 0 saturated carbocycles. The fraction of sp³-hybridized carbons (Fsp3) is 0.167. The van der Waals surface area contributed by atoms with Crippen molar-refractivity contribution in [1.82, 2.24) is 10.2 Å². The van der Waals surface area contributed by atoms with Gasteiger partial charge in [0.25, 0.3) is 5.91 Å². The fourth-order valence-corrected chi connectivity index (χ4v) is 2.10. The molecule has 0 fully saturated rings. The second-order valence-electron chi connectivity index (χ2n) is 3.92. The molecule has 0 bridgehead atoms. The Morgan fingerprint density at radius 2 is 2.17 bits per heavy atom. The number of hydrogen-bond acceptors (Lipinski definition) is 3. The van der Waals surface area contributed by atoms with E-state index in [9.17, 15) is 9.90 Å². The number of rotatable bonds is 2. The second-order valence-corrected chi connectivity index (χ2v) is 5.17. The molecule has 2 aromatic rings. The van der Waals surface area contributed by atoms with Gasteiger partial charge in [-0.2, -0.15) is 5.10 Å². The predicted octanol–water partition coefficient (Wildman–Crippen LogP) is 2.59. The van der Waals surface area contributed by atoms with E-state index < -0.39 is 0 Å². The van der Waals surface area contributed by atoms with E-state index in [0.717, 1.165) is 9.26 Å². The second kappa shape index (κ2) is 4.97. The third-order valence-electron chi connectivity index (χ3n) is 2.57. The highest BCUT2D eigenvalue weighted by atomic mass is 127. The number of anilines is 1. The van der Waals surface area contributed by atoms with E-state index in [4.69, 9.17) is 0 Å². The summed E-state index contributed by atoms with van der Waals surface area (Å²) in [6, 6.07) is 4.88. The van der Waals surface area contributed by atoms with Gasteiger partial charge in [0.2, 0.25) is 0 Å². The van der Waals surface area contributed by atoms with Crippen LogP contribution in [0.2, 0.25) is 0 Å². The van der Waals surface area contributed by atoms with Gasteiger partial charge in [-0.15, -0.1) is 0 Å². The van der Waals surface area contributed by atoms with Crippen LogP contribution in [0.25, 0.3) is 0 Å². The van der Waals surface area contributed by atoms with E-state index >= 15 is 0 Å². The molecule has 94 valence electrons. The lowest BCUT2D eigenvalue weighted by atomic mass is 10.2. The molecule has 1 amide bonds. The normalized spacial score (nSPS) is 10.4. The van der Waals surface area contributed by atoms with Crippen molar-refractivity contribution in [2.24, 2.45) is 0 Å². The molecule has 1 heterocycles. The van der Waals surface area contributed by atoms with E-state index in [1.807, 2.05) is 6.92 Å². The van der Waals surface area contributed by atoms with Crippen LogP contribution in [0.15, 0.2) is 18.2 Å². The van der Waals surface area contributed by atoms with Crippen molar-refractivity contribution in [3.8, 4) is 5.75 Å². The highest BCUT2D eigenvalue weighted by Gasteiger charge is 2.15. The zero-order valence-electron chi connectivity index (χ0n) is 9.91. The van der Waals surface area contributed by atoms with E-state index in [-0.39, 0.29) is 17.2 Å². The number of nitrogens with one attached hydrogen (secondary N) is 2. The first kappa shape index (κ1) is 12.9. The molecule has 2 rings (SSSR count). The number of halogens is 1. The Labute approximate surface area is 118 Å². The molecule has 0 atom stereocenters. The SMILES string of the molecule is Cc1n[nH]c(C)c1NC(=O)c1cc(I)ccc1O. The Morgan fingerprint density at radius 1 is 1.44 bits per heavy atom. The van der Waals surface area contributed by atoms with Gasteiger partial charge in [-0.05, 0) is 54.6 Å². The van der Waals surface area contributed by atoms with Gasteiger partial charge in [-0.25, -0.2) is 0 Å². The molecule has 1 aromatic heterocycles. The third-order valence-corrected chi connectivity index (χ3v) is 3.24. The van der Waals surface area contributed by atoms with Crippen LogP contribution < -0.4 is 5.32 Å². The maximum atomic E-state index is 12.1. The first-order valence-electron chi connectivity index (χ1n) is 5.30. The number of phenols is 1. The summed E-state index contributed by atoms with van der Waals surface area (Å²) in [6.07, 6.45) is 0. The number of aromatic nitrogens is 2. The molecular weight excluding hydrogens is 345 g/mol. The third kappa shape index (κ3) is 2.47. The minimum absolute atomic E-state index is 0.0354. The van der Waals surface area contributed by atoms with Gasteiger partial charge < -0.3 is 10.4 Å². The van der Waals surface area contributed by atoms with Gasteiger partial charge in [0.1, 0.15) is 5.75 Å². The minimum atomic E-state index is -0.349. The molecule has 0 unspecified atom stereocenters. The number of carbonyl (C=O) groups is 1. The molecule has 0 saturated heterocycles. The number of amides is 1. The minimum Gasteiger partial charge on any atom is -0.507 e. The van der Waals surface area contributed by atoms with Gasteiger partial charge in [0.05, 0.1) is 22.6 Å². The average Bonchev–Trinajstić information content (AvgIpc) is 2.64. The molecule has 6 heteroatoms. The Bertz CT molecular complexity index is 588. The Hall–Kier alpha value is -1.57. The van der Waals surface area contributed by atoms with E-state index in [2.05, 4.69) is 38.1 Å². The molecule has 0 aliphatic heterocycles. The largest absolute Gasteiger partial charge is 0.507 e. The zero-order chi connectivity index (χ0) is 13.3. The first-order chi connectivity index (χ1) is 8.49. The monoisotopic (exact) mass is 357 g/mol. The number of aryl methyl sites for hydroxylation is 2. The van der Waals surface area contributed by atoms with E-state index in [1.54, 1.807) is 19.1 Å². The predicted molar refractivity (Wildman–Crippen MR) is 76.8 cm³/mol. The maximum Gasteiger partial charge on any atom is 0.259 e. The number of aromatic hydroxyl groups is 1. The topological polar surface area (TPSA) is 78.0 Å². The summed E-state index contributed by atoms with van der Waals surface area (Å²) < 4.78 is 0.885. The highest BCUT2D eigenvalue weighted by molar-refractivity contribution is 14.1. The van der Waals surface area contributed by atoms with Gasteiger partial charge in [0, 0.05) is 3.57 Å². The molecule has 18 heavy (non-hydrogen) atoms. The van der Waals surface area contributed by atoms with Crippen molar-refractivity contribution in [3.05, 3.63) is 38.7 Å². The lowest BCUT2D eigenvalue weighted by molar-refractivity contribution is 0.102. The Balaban J connectivity index is 2.30. The molecule has 0 spiro atoms. The average molecular weight is 357 g/mol. The number of aromatic amines is 1. The van der Waals surface area contributed by atoms with Crippen molar-refractivity contribution in [1.29, 1.82) is 0 Å². The van der Waals surface area contributed by atoms with Gasteiger partial charge in [-0.3, -0.25) is 9.89 Å². The summed E-state index contributed by atoms with van der Waals surface area (Å²) in [4.78, 5) is 12.1. The number of phenolic OH excluding ortho intramolecular Hbond substituents is 1. The summed E-state index contributed by atoms with van der Waals surface area (Å²) >= 11 is 2.09. The van der Waals surface area contributed by atoms with Crippen LogP contribution in [0.3, 0.4) is 0 Å². The van der Waals surface area contributed by atoms with Crippen LogP contribution >= 0.6 is 22.6 Å². The van der Waals surface area contributed by atoms with Crippen LogP contribution in [0.4, 0.5) is 5.69 Å². The number of nitrogens with zero attached hydrogens (tertiary/aromatic N) is 1. The van der Waals surface area contributed by atoms with E-state index in [0.29, 0.717) is 11.4 Å². The number of benzene rings is 1. The van der Waals surface area contributed by atoms with Crippen LogP contribution in [0.1, 0.15) is 21.7 Å². The zero-order valence-corrected chi connectivity index (χ0v) is 12.1. The Morgan fingerprint density at radius 3 is 2.78 bits per heavy atom. The lowest BCUT2D eigenvalue weighted by Gasteiger charge is -2.07. The first-order valence-corrected chi connectivity index (χ1v) is 6.38. The van der Waals surface area contributed by atoms with Crippen molar-refractivity contribution in [3.63, 3.8) is 0 Å². The van der Waals surface area contributed by atoms with Crippen molar-refractivity contribution >= 4 is 34.2 Å². The van der Waals surface area contributed by atoms with Crippen molar-refractivity contribution in [2.75, 3.05) is 5.32 Å². The molecule has 1 aromatic carbocycles. The van der Waals surface area contributed by atoms with Gasteiger partial charge in [-0.1, -0.05) is 0 Å². The molecule has 0 aliphatic rings. The quantitative estimate of drug-likeness (QED) is 0.723. The molecular formula is C12H12IN3O2. The summed E-state index contributed by atoms with van der Waals surface area (Å²) in [7, 11) is 0. The van der Waals surface area contributed by atoms with Crippen molar-refractivity contribution in [2.45, 2.75) is 13.8 Å². The molecule has 0 aliphatic carbocycles. The van der Waals surface area contributed by atoms with Crippen LogP contribution in [-0.2, 0) is 0 Å². The van der Waals surface area contributed by atoms with Gasteiger partial charge in [0.15, 0.2) is 0 Å².